The number of carbonyl (C=O) groups is 1. The van der Waals surface area contributed by atoms with Crippen molar-refractivity contribution in [3.63, 3.8) is 0 Å². The van der Waals surface area contributed by atoms with Gasteiger partial charge in [-0.2, -0.15) is 0 Å². The highest BCUT2D eigenvalue weighted by molar-refractivity contribution is 6.01. The van der Waals surface area contributed by atoms with Crippen molar-refractivity contribution in [3.05, 3.63) is 94.2 Å². The standard InChI is InChI=1S/C24H20N4O3/c29-24(26-23-14-25-22-9-8-20(28(30)31)13-21(22)23)27-11-10-18-12-17(6-7-19(18)15-27)16-4-2-1-3-5-16/h1-9,12-14,25H,10-11,15H2,(H,26,29). The monoisotopic (exact) mass is 412 g/mol. The van der Waals surface area contributed by atoms with E-state index in [0.717, 1.165) is 17.5 Å². The molecule has 0 saturated carbocycles. The Morgan fingerprint density at radius 1 is 1.00 bits per heavy atom. The highest BCUT2D eigenvalue weighted by Crippen LogP contribution is 2.29. The molecule has 1 aromatic heterocycles. The maximum atomic E-state index is 12.9. The summed E-state index contributed by atoms with van der Waals surface area (Å²) in [6.07, 6.45) is 2.44. The van der Waals surface area contributed by atoms with Gasteiger partial charge in [0.2, 0.25) is 0 Å². The quantitative estimate of drug-likeness (QED) is 0.352. The largest absolute Gasteiger partial charge is 0.359 e. The number of benzene rings is 3. The van der Waals surface area contributed by atoms with E-state index in [2.05, 4.69) is 40.6 Å². The molecule has 0 unspecified atom stereocenters. The molecular weight excluding hydrogens is 392 g/mol. The maximum Gasteiger partial charge on any atom is 0.322 e. The molecule has 2 amide bonds. The molecule has 1 aliphatic rings. The summed E-state index contributed by atoms with van der Waals surface area (Å²) in [5.41, 5.74) is 6.01. The van der Waals surface area contributed by atoms with E-state index in [1.54, 1.807) is 17.2 Å². The second-order valence-electron chi connectivity index (χ2n) is 7.64. The number of rotatable bonds is 3. The summed E-state index contributed by atoms with van der Waals surface area (Å²) >= 11 is 0. The topological polar surface area (TPSA) is 91.3 Å². The van der Waals surface area contributed by atoms with Crippen molar-refractivity contribution in [1.29, 1.82) is 0 Å². The second kappa shape index (κ2) is 7.60. The molecule has 0 saturated heterocycles. The van der Waals surface area contributed by atoms with Gasteiger partial charge >= 0.3 is 6.03 Å². The molecule has 0 bridgehead atoms. The Morgan fingerprint density at radius 3 is 2.65 bits per heavy atom. The molecule has 0 spiro atoms. The minimum absolute atomic E-state index is 0.0104. The number of anilines is 1. The van der Waals surface area contributed by atoms with Crippen LogP contribution in [0, 0.1) is 10.1 Å². The summed E-state index contributed by atoms with van der Waals surface area (Å²) in [6, 6.07) is 21.0. The first-order valence-electron chi connectivity index (χ1n) is 10.1. The summed E-state index contributed by atoms with van der Waals surface area (Å²) < 4.78 is 0. The minimum atomic E-state index is -0.441. The highest BCUT2D eigenvalue weighted by atomic mass is 16.6. The molecule has 5 rings (SSSR count). The van der Waals surface area contributed by atoms with Crippen molar-refractivity contribution in [1.82, 2.24) is 9.88 Å². The van der Waals surface area contributed by atoms with E-state index in [1.165, 1.54) is 28.8 Å². The number of aromatic amines is 1. The molecule has 4 aromatic rings. The number of nitro groups is 1. The molecule has 0 fully saturated rings. The zero-order valence-electron chi connectivity index (χ0n) is 16.7. The fourth-order valence-corrected chi connectivity index (χ4v) is 4.06. The van der Waals surface area contributed by atoms with Crippen LogP contribution in [-0.2, 0) is 13.0 Å². The summed E-state index contributed by atoms with van der Waals surface area (Å²) in [5, 5.41) is 14.6. The predicted octanol–water partition coefficient (Wildman–Crippen LogP) is 5.33. The van der Waals surface area contributed by atoms with Gasteiger partial charge in [0.05, 0.1) is 10.6 Å². The van der Waals surface area contributed by atoms with Gasteiger partial charge in [0, 0.05) is 42.3 Å². The van der Waals surface area contributed by atoms with Crippen LogP contribution in [-0.4, -0.2) is 27.4 Å². The predicted molar refractivity (Wildman–Crippen MR) is 120 cm³/mol. The van der Waals surface area contributed by atoms with Crippen molar-refractivity contribution >= 4 is 28.3 Å². The molecule has 0 atom stereocenters. The number of nitrogens with one attached hydrogen (secondary N) is 2. The SMILES string of the molecule is O=C(Nc1c[nH]c2ccc([N+](=O)[O-])cc12)N1CCc2cc(-c3ccccc3)ccc2C1. The lowest BCUT2D eigenvalue weighted by Gasteiger charge is -2.29. The fraction of sp³-hybridized carbons (Fsp3) is 0.125. The number of nitro benzene ring substituents is 1. The van der Waals surface area contributed by atoms with Crippen molar-refractivity contribution in [3.8, 4) is 11.1 Å². The first-order chi connectivity index (χ1) is 15.1. The van der Waals surface area contributed by atoms with E-state index in [1.807, 2.05) is 18.2 Å². The number of hydrogen-bond acceptors (Lipinski definition) is 3. The molecule has 31 heavy (non-hydrogen) atoms. The summed E-state index contributed by atoms with van der Waals surface area (Å²) in [7, 11) is 0. The number of amides is 2. The molecule has 3 aromatic carbocycles. The van der Waals surface area contributed by atoms with Crippen LogP contribution >= 0.6 is 0 Å². The Labute approximate surface area is 178 Å². The van der Waals surface area contributed by atoms with Gasteiger partial charge in [-0.15, -0.1) is 0 Å². The molecule has 0 radical (unpaired) electrons. The van der Waals surface area contributed by atoms with E-state index < -0.39 is 4.92 Å². The molecule has 7 heteroatoms. The molecule has 2 heterocycles. The first kappa shape index (κ1) is 18.9. The van der Waals surface area contributed by atoms with Gasteiger partial charge in [-0.05, 0) is 34.7 Å². The average Bonchev–Trinajstić information content (AvgIpc) is 3.20. The van der Waals surface area contributed by atoms with Crippen LogP contribution in [0.5, 0.6) is 0 Å². The van der Waals surface area contributed by atoms with Crippen molar-refractivity contribution in [2.75, 3.05) is 11.9 Å². The van der Waals surface area contributed by atoms with Gasteiger partial charge < -0.3 is 15.2 Å². The molecule has 0 aliphatic carbocycles. The number of carbonyl (C=O) groups excluding carboxylic acids is 1. The Balaban J connectivity index is 1.34. The van der Waals surface area contributed by atoms with E-state index in [4.69, 9.17) is 0 Å². The Hall–Kier alpha value is -4.13. The van der Waals surface area contributed by atoms with Crippen molar-refractivity contribution in [2.24, 2.45) is 0 Å². The van der Waals surface area contributed by atoms with Crippen LogP contribution in [0.25, 0.3) is 22.0 Å². The minimum Gasteiger partial charge on any atom is -0.359 e. The Kier molecular flexibility index (Phi) is 4.63. The number of aromatic nitrogens is 1. The zero-order chi connectivity index (χ0) is 21.4. The average molecular weight is 412 g/mol. The maximum absolute atomic E-state index is 12.9. The molecule has 2 N–H and O–H groups in total. The van der Waals surface area contributed by atoms with Crippen molar-refractivity contribution < 1.29 is 9.72 Å². The summed E-state index contributed by atoms with van der Waals surface area (Å²) in [6.45, 7) is 1.14. The lowest BCUT2D eigenvalue weighted by molar-refractivity contribution is -0.384. The van der Waals surface area contributed by atoms with Crippen LogP contribution in [0.3, 0.4) is 0 Å². The molecule has 1 aliphatic heterocycles. The zero-order valence-corrected chi connectivity index (χ0v) is 16.7. The van der Waals surface area contributed by atoms with E-state index in [9.17, 15) is 14.9 Å². The molecule has 7 nitrogen and oxygen atoms in total. The lowest BCUT2D eigenvalue weighted by atomic mass is 9.95. The molecular formula is C24H20N4O3. The number of H-pyrrole nitrogens is 1. The highest BCUT2D eigenvalue weighted by Gasteiger charge is 2.22. The lowest BCUT2D eigenvalue weighted by Crippen LogP contribution is -2.38. The number of nitrogens with zero attached hydrogens (tertiary/aromatic N) is 2. The van der Waals surface area contributed by atoms with E-state index >= 15 is 0 Å². The number of fused-ring (bicyclic) bond motifs is 2. The van der Waals surface area contributed by atoms with Crippen LogP contribution < -0.4 is 5.32 Å². The number of urea groups is 1. The third-order valence-electron chi connectivity index (χ3n) is 5.73. The Morgan fingerprint density at radius 2 is 1.84 bits per heavy atom. The van der Waals surface area contributed by atoms with Crippen LogP contribution in [0.1, 0.15) is 11.1 Å². The normalized spacial score (nSPS) is 13.1. The van der Waals surface area contributed by atoms with E-state index in [0.29, 0.717) is 24.2 Å². The number of non-ortho nitro benzene ring substituents is 1. The smallest absolute Gasteiger partial charge is 0.322 e. The number of hydrogen-bond donors (Lipinski definition) is 2. The second-order valence-corrected chi connectivity index (χ2v) is 7.64. The summed E-state index contributed by atoms with van der Waals surface area (Å²) in [5.74, 6) is 0. The van der Waals surface area contributed by atoms with Gasteiger partial charge in [-0.1, -0.05) is 48.5 Å². The Bertz CT molecular complexity index is 1300. The third kappa shape index (κ3) is 3.61. The van der Waals surface area contributed by atoms with Gasteiger partial charge in [0.25, 0.3) is 5.69 Å². The van der Waals surface area contributed by atoms with Gasteiger partial charge in [-0.25, -0.2) is 4.79 Å². The van der Waals surface area contributed by atoms with Crippen molar-refractivity contribution in [2.45, 2.75) is 13.0 Å². The van der Waals surface area contributed by atoms with E-state index in [-0.39, 0.29) is 11.7 Å². The fourth-order valence-electron chi connectivity index (χ4n) is 4.06. The van der Waals surface area contributed by atoms with Gasteiger partial charge in [0.15, 0.2) is 0 Å². The van der Waals surface area contributed by atoms with Crippen LogP contribution in [0.4, 0.5) is 16.2 Å². The summed E-state index contributed by atoms with van der Waals surface area (Å²) in [4.78, 5) is 28.3. The van der Waals surface area contributed by atoms with Crippen LogP contribution in [0.15, 0.2) is 72.9 Å². The van der Waals surface area contributed by atoms with Gasteiger partial charge in [-0.3, -0.25) is 10.1 Å². The van der Waals surface area contributed by atoms with Gasteiger partial charge in [0.1, 0.15) is 0 Å². The third-order valence-corrected chi connectivity index (χ3v) is 5.73. The first-order valence-corrected chi connectivity index (χ1v) is 10.1. The molecule has 154 valence electrons. The van der Waals surface area contributed by atoms with Crippen LogP contribution in [0.2, 0.25) is 0 Å².